The maximum atomic E-state index is 12.2. The predicted molar refractivity (Wildman–Crippen MR) is 87.1 cm³/mol. The number of carbonyl (C=O) groups is 2. The number of amides is 1. The molecular weight excluding hydrogens is 292 g/mol. The molecule has 23 heavy (non-hydrogen) atoms. The van der Waals surface area contributed by atoms with Crippen LogP contribution in [0.5, 0.6) is 0 Å². The van der Waals surface area contributed by atoms with Crippen molar-refractivity contribution in [1.29, 1.82) is 0 Å². The lowest BCUT2D eigenvalue weighted by molar-refractivity contribution is -0.149. The predicted octanol–water partition coefficient (Wildman–Crippen LogP) is 1.52. The van der Waals surface area contributed by atoms with Gasteiger partial charge in [-0.2, -0.15) is 0 Å². The van der Waals surface area contributed by atoms with Crippen molar-refractivity contribution < 1.29 is 14.3 Å². The summed E-state index contributed by atoms with van der Waals surface area (Å²) < 4.78 is 4.70. The zero-order valence-corrected chi connectivity index (χ0v) is 13.5. The van der Waals surface area contributed by atoms with Gasteiger partial charge in [-0.25, -0.2) is 0 Å². The summed E-state index contributed by atoms with van der Waals surface area (Å²) in [5.74, 6) is 0.404. The Morgan fingerprint density at radius 3 is 2.61 bits per heavy atom. The van der Waals surface area contributed by atoms with E-state index in [2.05, 4.69) is 10.6 Å². The number of esters is 1. The summed E-state index contributed by atoms with van der Waals surface area (Å²) in [6.45, 7) is 2.20. The Bertz CT molecular complexity index is 558. The summed E-state index contributed by atoms with van der Waals surface area (Å²) in [6.07, 6.45) is 3.64. The first kappa shape index (κ1) is 16.0. The Kier molecular flexibility index (Phi) is 4.96. The molecule has 5 heteroatoms. The third-order valence-corrected chi connectivity index (χ3v) is 4.91. The molecule has 2 fully saturated rings. The van der Waals surface area contributed by atoms with Gasteiger partial charge in [0, 0.05) is 11.6 Å². The number of benzene rings is 1. The fraction of sp³-hybridized carbons (Fsp3) is 0.556. The van der Waals surface area contributed by atoms with Gasteiger partial charge < -0.3 is 15.4 Å². The smallest absolute Gasteiger partial charge is 0.308 e. The van der Waals surface area contributed by atoms with E-state index in [1.165, 1.54) is 19.1 Å². The maximum absolute atomic E-state index is 12.2. The first-order valence-electron chi connectivity index (χ1n) is 8.34. The van der Waals surface area contributed by atoms with E-state index in [1.54, 1.807) is 0 Å². The number of hydrogen-bond acceptors (Lipinski definition) is 4. The SMILES string of the molecule is COC(=O)C1CC(NC(=O)c2ccc(CC3CCNC3)cc2)C1. The monoisotopic (exact) mass is 316 g/mol. The van der Waals surface area contributed by atoms with Crippen molar-refractivity contribution in [3.05, 3.63) is 35.4 Å². The van der Waals surface area contributed by atoms with Crippen molar-refractivity contribution in [3.8, 4) is 0 Å². The highest BCUT2D eigenvalue weighted by atomic mass is 16.5. The molecule has 1 saturated heterocycles. The minimum atomic E-state index is -0.179. The van der Waals surface area contributed by atoms with Crippen LogP contribution in [-0.2, 0) is 16.0 Å². The van der Waals surface area contributed by atoms with Crippen molar-refractivity contribution >= 4 is 11.9 Å². The fourth-order valence-electron chi connectivity index (χ4n) is 3.38. The Balaban J connectivity index is 1.47. The molecule has 124 valence electrons. The summed E-state index contributed by atoms with van der Waals surface area (Å²) in [6, 6.07) is 7.96. The average molecular weight is 316 g/mol. The molecule has 0 aromatic heterocycles. The number of nitrogens with one attached hydrogen (secondary N) is 2. The van der Waals surface area contributed by atoms with Crippen LogP contribution in [-0.4, -0.2) is 38.1 Å². The number of methoxy groups -OCH3 is 1. The Hall–Kier alpha value is -1.88. The second-order valence-electron chi connectivity index (χ2n) is 6.62. The van der Waals surface area contributed by atoms with Gasteiger partial charge in [0.05, 0.1) is 13.0 Å². The molecule has 1 amide bonds. The third-order valence-electron chi connectivity index (χ3n) is 4.91. The van der Waals surface area contributed by atoms with Crippen LogP contribution in [0.15, 0.2) is 24.3 Å². The minimum Gasteiger partial charge on any atom is -0.469 e. The number of rotatable bonds is 5. The van der Waals surface area contributed by atoms with Crippen LogP contribution in [0.4, 0.5) is 0 Å². The normalized spacial score (nSPS) is 26.4. The molecule has 2 aliphatic rings. The van der Waals surface area contributed by atoms with Gasteiger partial charge in [-0.15, -0.1) is 0 Å². The van der Waals surface area contributed by atoms with E-state index in [4.69, 9.17) is 4.74 Å². The van der Waals surface area contributed by atoms with E-state index in [0.29, 0.717) is 24.3 Å². The van der Waals surface area contributed by atoms with Crippen LogP contribution in [0.1, 0.15) is 35.2 Å². The summed E-state index contributed by atoms with van der Waals surface area (Å²) in [5, 5.41) is 6.35. The van der Waals surface area contributed by atoms with E-state index in [0.717, 1.165) is 19.5 Å². The number of ether oxygens (including phenoxy) is 1. The standard InChI is InChI=1S/C18H24N2O3/c1-23-18(22)15-9-16(10-15)20-17(21)14-4-2-12(3-5-14)8-13-6-7-19-11-13/h2-5,13,15-16,19H,6-11H2,1H3,(H,20,21). The molecule has 2 N–H and O–H groups in total. The second kappa shape index (κ2) is 7.13. The van der Waals surface area contributed by atoms with E-state index in [9.17, 15) is 9.59 Å². The number of hydrogen-bond donors (Lipinski definition) is 2. The van der Waals surface area contributed by atoms with Gasteiger partial charge in [-0.1, -0.05) is 12.1 Å². The van der Waals surface area contributed by atoms with Crippen LogP contribution in [0.3, 0.4) is 0 Å². The second-order valence-corrected chi connectivity index (χ2v) is 6.62. The van der Waals surface area contributed by atoms with Crippen molar-refractivity contribution in [2.45, 2.75) is 31.7 Å². The Labute approximate surface area is 136 Å². The van der Waals surface area contributed by atoms with E-state index in [-0.39, 0.29) is 23.8 Å². The van der Waals surface area contributed by atoms with Gasteiger partial charge in [-0.3, -0.25) is 9.59 Å². The Morgan fingerprint density at radius 2 is 2.00 bits per heavy atom. The van der Waals surface area contributed by atoms with Crippen molar-refractivity contribution in [1.82, 2.24) is 10.6 Å². The summed E-state index contributed by atoms with van der Waals surface area (Å²) >= 11 is 0. The van der Waals surface area contributed by atoms with E-state index < -0.39 is 0 Å². The minimum absolute atomic E-state index is 0.0623. The molecule has 3 rings (SSSR count). The van der Waals surface area contributed by atoms with E-state index >= 15 is 0 Å². The molecule has 1 aromatic carbocycles. The molecule has 1 saturated carbocycles. The molecule has 1 aromatic rings. The van der Waals surface area contributed by atoms with Crippen molar-refractivity contribution in [2.24, 2.45) is 11.8 Å². The van der Waals surface area contributed by atoms with E-state index in [1.807, 2.05) is 24.3 Å². The lowest BCUT2D eigenvalue weighted by Crippen LogP contribution is -2.47. The van der Waals surface area contributed by atoms with Gasteiger partial charge in [0.15, 0.2) is 0 Å². The molecule has 1 unspecified atom stereocenters. The van der Waals surface area contributed by atoms with Gasteiger partial charge in [-0.05, 0) is 62.4 Å². The average Bonchev–Trinajstić information content (AvgIpc) is 3.03. The van der Waals surface area contributed by atoms with Gasteiger partial charge in [0.25, 0.3) is 5.91 Å². The lowest BCUT2D eigenvalue weighted by atomic mass is 9.80. The largest absolute Gasteiger partial charge is 0.469 e. The molecule has 1 aliphatic heterocycles. The molecule has 0 spiro atoms. The maximum Gasteiger partial charge on any atom is 0.308 e. The third kappa shape index (κ3) is 3.91. The van der Waals surface area contributed by atoms with Crippen LogP contribution in [0, 0.1) is 11.8 Å². The molecule has 0 bridgehead atoms. The molecule has 1 aliphatic carbocycles. The quantitative estimate of drug-likeness (QED) is 0.808. The highest BCUT2D eigenvalue weighted by Gasteiger charge is 2.36. The summed E-state index contributed by atoms with van der Waals surface area (Å²) in [5.41, 5.74) is 1.96. The molecule has 1 atom stereocenters. The van der Waals surface area contributed by atoms with Gasteiger partial charge in [0.2, 0.25) is 0 Å². The topological polar surface area (TPSA) is 67.4 Å². The summed E-state index contributed by atoms with van der Waals surface area (Å²) in [7, 11) is 1.40. The van der Waals surface area contributed by atoms with Crippen molar-refractivity contribution in [3.63, 3.8) is 0 Å². The summed E-state index contributed by atoms with van der Waals surface area (Å²) in [4.78, 5) is 23.5. The van der Waals surface area contributed by atoms with Crippen LogP contribution in [0.25, 0.3) is 0 Å². The zero-order valence-electron chi connectivity index (χ0n) is 13.5. The van der Waals surface area contributed by atoms with Crippen molar-refractivity contribution in [2.75, 3.05) is 20.2 Å². The van der Waals surface area contributed by atoms with Gasteiger partial charge >= 0.3 is 5.97 Å². The fourth-order valence-corrected chi connectivity index (χ4v) is 3.38. The highest BCUT2D eigenvalue weighted by molar-refractivity contribution is 5.94. The first-order chi connectivity index (χ1) is 11.2. The van der Waals surface area contributed by atoms with Crippen LogP contribution >= 0.6 is 0 Å². The molecule has 5 nitrogen and oxygen atoms in total. The van der Waals surface area contributed by atoms with Gasteiger partial charge in [0.1, 0.15) is 0 Å². The molecular formula is C18H24N2O3. The first-order valence-corrected chi connectivity index (χ1v) is 8.34. The Morgan fingerprint density at radius 1 is 1.26 bits per heavy atom. The van der Waals surface area contributed by atoms with Crippen LogP contribution in [0.2, 0.25) is 0 Å². The van der Waals surface area contributed by atoms with Crippen LogP contribution < -0.4 is 10.6 Å². The molecule has 1 heterocycles. The highest BCUT2D eigenvalue weighted by Crippen LogP contribution is 2.28. The number of carbonyl (C=O) groups excluding carboxylic acids is 2. The molecule has 0 radical (unpaired) electrons. The zero-order chi connectivity index (χ0) is 16.2. The lowest BCUT2D eigenvalue weighted by Gasteiger charge is -2.33.